The molecule has 1 fully saturated rings. The number of nitrogens with zero attached hydrogens (tertiary/aromatic N) is 2. The van der Waals surface area contributed by atoms with Crippen molar-refractivity contribution in [2.45, 2.75) is 6.42 Å². The van der Waals surface area contributed by atoms with Crippen LogP contribution in [-0.2, 0) is 11.2 Å². The van der Waals surface area contributed by atoms with Crippen molar-refractivity contribution in [1.29, 1.82) is 0 Å². The monoisotopic (exact) mass is 221 g/mol. The maximum Gasteiger partial charge on any atom is 0.227 e. The van der Waals surface area contributed by atoms with Gasteiger partial charge in [0, 0.05) is 26.2 Å². The minimum atomic E-state index is -0.270. The van der Waals surface area contributed by atoms with Crippen LogP contribution in [0.3, 0.4) is 0 Å². The van der Waals surface area contributed by atoms with E-state index in [1.807, 2.05) is 4.90 Å². The Morgan fingerprint density at radius 3 is 2.50 bits per heavy atom. The first-order valence-corrected chi connectivity index (χ1v) is 5.41. The van der Waals surface area contributed by atoms with E-state index < -0.39 is 0 Å². The molecule has 1 heterocycles. The Kier molecular flexibility index (Phi) is 3.51. The SMILES string of the molecule is O=C(Cc1ccc(F)cc1)N1CC[N]CC1. The molecule has 0 unspecified atom stereocenters. The van der Waals surface area contributed by atoms with Crippen LogP contribution in [0.5, 0.6) is 0 Å². The van der Waals surface area contributed by atoms with Crippen LogP contribution in [0.4, 0.5) is 4.39 Å². The van der Waals surface area contributed by atoms with Crippen LogP contribution >= 0.6 is 0 Å². The van der Waals surface area contributed by atoms with Gasteiger partial charge >= 0.3 is 0 Å². The van der Waals surface area contributed by atoms with Gasteiger partial charge in [0.1, 0.15) is 5.82 Å². The summed E-state index contributed by atoms with van der Waals surface area (Å²) in [6, 6.07) is 6.07. The van der Waals surface area contributed by atoms with Crippen molar-refractivity contribution in [3.05, 3.63) is 35.6 Å². The van der Waals surface area contributed by atoms with Crippen molar-refractivity contribution in [3.63, 3.8) is 0 Å². The van der Waals surface area contributed by atoms with E-state index in [1.165, 1.54) is 12.1 Å². The molecule has 0 N–H and O–H groups in total. The van der Waals surface area contributed by atoms with Crippen molar-refractivity contribution >= 4 is 5.91 Å². The lowest BCUT2D eigenvalue weighted by atomic mass is 10.1. The third kappa shape index (κ3) is 2.79. The molecule has 1 saturated heterocycles. The number of amides is 1. The molecule has 16 heavy (non-hydrogen) atoms. The Morgan fingerprint density at radius 2 is 1.88 bits per heavy atom. The summed E-state index contributed by atoms with van der Waals surface area (Å²) in [7, 11) is 0. The summed E-state index contributed by atoms with van der Waals surface area (Å²) in [6.07, 6.45) is 0.347. The van der Waals surface area contributed by atoms with Crippen LogP contribution in [0.25, 0.3) is 0 Å². The van der Waals surface area contributed by atoms with Gasteiger partial charge in [-0.2, -0.15) is 0 Å². The predicted octanol–water partition coefficient (Wildman–Crippen LogP) is 0.815. The summed E-state index contributed by atoms with van der Waals surface area (Å²) in [6.45, 7) is 2.88. The third-order valence-corrected chi connectivity index (χ3v) is 2.68. The Morgan fingerprint density at radius 1 is 1.25 bits per heavy atom. The van der Waals surface area contributed by atoms with Crippen molar-refractivity contribution in [2.75, 3.05) is 26.2 Å². The van der Waals surface area contributed by atoms with Crippen LogP contribution in [0.1, 0.15) is 5.56 Å². The highest BCUT2D eigenvalue weighted by Gasteiger charge is 2.16. The zero-order valence-corrected chi connectivity index (χ0v) is 9.03. The quantitative estimate of drug-likeness (QED) is 0.728. The predicted molar refractivity (Wildman–Crippen MR) is 58.6 cm³/mol. The zero-order valence-electron chi connectivity index (χ0n) is 9.03. The molecule has 85 valence electrons. The summed E-state index contributed by atoms with van der Waals surface area (Å²) in [5.41, 5.74) is 0.855. The number of carbonyl (C=O) groups is 1. The molecule has 4 heteroatoms. The Labute approximate surface area is 94.3 Å². The number of benzene rings is 1. The average molecular weight is 221 g/mol. The molecule has 0 bridgehead atoms. The summed E-state index contributed by atoms with van der Waals surface area (Å²) in [5, 5.41) is 4.18. The number of hydrogen-bond donors (Lipinski definition) is 0. The second-order valence-electron chi connectivity index (χ2n) is 3.85. The molecular formula is C12H14FN2O. The van der Waals surface area contributed by atoms with Gasteiger partial charge in [0.25, 0.3) is 0 Å². The molecule has 1 aromatic carbocycles. The molecule has 0 aliphatic carbocycles. The maximum absolute atomic E-state index is 12.7. The fourth-order valence-corrected chi connectivity index (χ4v) is 1.74. The molecule has 0 atom stereocenters. The van der Waals surface area contributed by atoms with E-state index in [4.69, 9.17) is 0 Å². The highest BCUT2D eigenvalue weighted by Crippen LogP contribution is 2.06. The second kappa shape index (κ2) is 5.07. The summed E-state index contributed by atoms with van der Waals surface area (Å²) in [5.74, 6) is -0.172. The van der Waals surface area contributed by atoms with Crippen molar-refractivity contribution in [3.8, 4) is 0 Å². The van der Waals surface area contributed by atoms with Gasteiger partial charge in [-0.05, 0) is 17.7 Å². The smallest absolute Gasteiger partial charge is 0.227 e. The van der Waals surface area contributed by atoms with Gasteiger partial charge in [-0.3, -0.25) is 4.79 Å². The Hall–Kier alpha value is -1.42. The first-order chi connectivity index (χ1) is 7.75. The molecule has 0 spiro atoms. The van der Waals surface area contributed by atoms with E-state index in [0.717, 1.165) is 18.7 Å². The molecule has 2 rings (SSSR count). The van der Waals surface area contributed by atoms with Gasteiger partial charge in [0.2, 0.25) is 5.91 Å². The average Bonchev–Trinajstić information content (AvgIpc) is 2.33. The molecule has 1 aromatic rings. The van der Waals surface area contributed by atoms with E-state index in [9.17, 15) is 9.18 Å². The topological polar surface area (TPSA) is 34.4 Å². The summed E-state index contributed by atoms with van der Waals surface area (Å²) in [4.78, 5) is 13.7. The van der Waals surface area contributed by atoms with Gasteiger partial charge in [-0.1, -0.05) is 12.1 Å². The maximum atomic E-state index is 12.7. The minimum Gasteiger partial charge on any atom is -0.340 e. The van der Waals surface area contributed by atoms with E-state index in [2.05, 4.69) is 5.32 Å². The molecule has 1 radical (unpaired) electrons. The minimum absolute atomic E-state index is 0.0986. The largest absolute Gasteiger partial charge is 0.340 e. The zero-order chi connectivity index (χ0) is 11.4. The number of hydrogen-bond acceptors (Lipinski definition) is 1. The lowest BCUT2D eigenvalue weighted by Gasteiger charge is -2.26. The number of carbonyl (C=O) groups excluding carboxylic acids is 1. The fourth-order valence-electron chi connectivity index (χ4n) is 1.74. The van der Waals surface area contributed by atoms with E-state index in [-0.39, 0.29) is 11.7 Å². The van der Waals surface area contributed by atoms with E-state index >= 15 is 0 Å². The van der Waals surface area contributed by atoms with Gasteiger partial charge in [0.05, 0.1) is 6.42 Å². The molecule has 0 aromatic heterocycles. The standard InChI is InChI=1S/C12H14FN2O/c13-11-3-1-10(2-4-11)9-12(16)15-7-5-14-6-8-15/h1-4H,5-9H2. The Balaban J connectivity index is 1.93. The van der Waals surface area contributed by atoms with E-state index in [1.54, 1.807) is 12.1 Å². The van der Waals surface area contributed by atoms with Crippen LogP contribution in [0.2, 0.25) is 0 Å². The molecule has 1 aliphatic heterocycles. The molecule has 3 nitrogen and oxygen atoms in total. The Bertz CT molecular complexity index is 358. The van der Waals surface area contributed by atoms with Gasteiger partial charge in [-0.25, -0.2) is 9.71 Å². The normalized spacial score (nSPS) is 16.2. The number of piperazine rings is 1. The second-order valence-corrected chi connectivity index (χ2v) is 3.85. The van der Waals surface area contributed by atoms with Crippen LogP contribution < -0.4 is 5.32 Å². The molecule has 1 amide bonds. The first kappa shape index (κ1) is 11.1. The number of rotatable bonds is 2. The lowest BCUT2D eigenvalue weighted by molar-refractivity contribution is -0.131. The van der Waals surface area contributed by atoms with Gasteiger partial charge in [-0.15, -0.1) is 0 Å². The molecule has 1 aliphatic rings. The molecular weight excluding hydrogens is 207 g/mol. The third-order valence-electron chi connectivity index (χ3n) is 2.68. The van der Waals surface area contributed by atoms with Crippen LogP contribution in [0, 0.1) is 5.82 Å². The first-order valence-electron chi connectivity index (χ1n) is 5.41. The summed E-state index contributed by atoms with van der Waals surface area (Å²) < 4.78 is 12.7. The lowest BCUT2D eigenvalue weighted by Crippen LogP contribution is -2.44. The van der Waals surface area contributed by atoms with Crippen molar-refractivity contribution in [1.82, 2.24) is 10.2 Å². The van der Waals surface area contributed by atoms with Gasteiger partial charge < -0.3 is 4.90 Å². The van der Waals surface area contributed by atoms with E-state index in [0.29, 0.717) is 19.5 Å². The van der Waals surface area contributed by atoms with Crippen molar-refractivity contribution < 1.29 is 9.18 Å². The van der Waals surface area contributed by atoms with Crippen LogP contribution in [-0.4, -0.2) is 37.0 Å². The van der Waals surface area contributed by atoms with Crippen molar-refractivity contribution in [2.24, 2.45) is 0 Å². The van der Waals surface area contributed by atoms with Gasteiger partial charge in [0.15, 0.2) is 0 Å². The highest BCUT2D eigenvalue weighted by atomic mass is 19.1. The summed E-state index contributed by atoms with van der Waals surface area (Å²) >= 11 is 0. The fraction of sp³-hybridized carbons (Fsp3) is 0.417. The van der Waals surface area contributed by atoms with Crippen LogP contribution in [0.15, 0.2) is 24.3 Å². The molecule has 0 saturated carbocycles. The highest BCUT2D eigenvalue weighted by molar-refractivity contribution is 5.78. The number of halogens is 1.